The van der Waals surface area contributed by atoms with Crippen LogP contribution in [0.4, 0.5) is 11.4 Å². The average molecular weight is 377 g/mol. The molecule has 0 bridgehead atoms. The predicted octanol–water partition coefficient (Wildman–Crippen LogP) is 3.72. The van der Waals surface area contributed by atoms with E-state index >= 15 is 0 Å². The molecule has 28 heavy (non-hydrogen) atoms. The number of hydrogen-bond acceptors (Lipinski definition) is 3. The number of rotatable bonds is 7. The zero-order chi connectivity index (χ0) is 19.5. The van der Waals surface area contributed by atoms with Crippen molar-refractivity contribution in [3.63, 3.8) is 0 Å². The van der Waals surface area contributed by atoms with Crippen LogP contribution in [0, 0.1) is 6.92 Å². The monoisotopic (exact) mass is 377 g/mol. The van der Waals surface area contributed by atoms with Crippen LogP contribution in [-0.2, 0) is 16.1 Å². The fourth-order valence-electron chi connectivity index (χ4n) is 3.77. The number of hydrogen-bond donors (Lipinski definition) is 1. The largest absolute Gasteiger partial charge is 0.323 e. The Bertz CT molecular complexity index is 858. The molecule has 2 aliphatic rings. The SMILES string of the molecule is Cc1ccc(CN(CC(=O)Nc2ccccc2N2CCCC2=O)C2CC2)cc1. The summed E-state index contributed by atoms with van der Waals surface area (Å²) < 4.78 is 0. The number of para-hydroxylation sites is 2. The lowest BCUT2D eigenvalue weighted by Gasteiger charge is -2.23. The third-order valence-corrected chi connectivity index (χ3v) is 5.46. The van der Waals surface area contributed by atoms with Crippen LogP contribution in [0.3, 0.4) is 0 Å². The van der Waals surface area contributed by atoms with Gasteiger partial charge < -0.3 is 10.2 Å². The van der Waals surface area contributed by atoms with Crippen molar-refractivity contribution in [1.82, 2.24) is 4.90 Å². The van der Waals surface area contributed by atoms with Gasteiger partial charge in [-0.15, -0.1) is 0 Å². The first-order valence-corrected chi connectivity index (χ1v) is 10.1. The van der Waals surface area contributed by atoms with E-state index in [-0.39, 0.29) is 11.8 Å². The second kappa shape index (κ2) is 8.15. The van der Waals surface area contributed by atoms with Gasteiger partial charge in [-0.3, -0.25) is 14.5 Å². The highest BCUT2D eigenvalue weighted by Crippen LogP contribution is 2.31. The lowest BCUT2D eigenvalue weighted by molar-refractivity contribution is -0.118. The molecule has 1 N–H and O–H groups in total. The van der Waals surface area contributed by atoms with Crippen molar-refractivity contribution in [1.29, 1.82) is 0 Å². The van der Waals surface area contributed by atoms with Crippen molar-refractivity contribution < 1.29 is 9.59 Å². The van der Waals surface area contributed by atoms with Gasteiger partial charge in [0.1, 0.15) is 0 Å². The van der Waals surface area contributed by atoms with Crippen LogP contribution in [0.15, 0.2) is 48.5 Å². The van der Waals surface area contributed by atoms with Gasteiger partial charge in [-0.25, -0.2) is 0 Å². The highest BCUT2D eigenvalue weighted by Gasteiger charge is 2.31. The number of benzene rings is 2. The van der Waals surface area contributed by atoms with Gasteiger partial charge in [-0.05, 0) is 43.9 Å². The van der Waals surface area contributed by atoms with Crippen molar-refractivity contribution in [2.75, 3.05) is 23.3 Å². The molecule has 2 aromatic carbocycles. The molecule has 1 saturated heterocycles. The lowest BCUT2D eigenvalue weighted by Crippen LogP contribution is -2.35. The molecule has 1 heterocycles. The van der Waals surface area contributed by atoms with Gasteiger partial charge in [0.2, 0.25) is 11.8 Å². The first-order valence-electron chi connectivity index (χ1n) is 10.1. The normalized spacial score (nSPS) is 16.6. The van der Waals surface area contributed by atoms with E-state index in [9.17, 15) is 9.59 Å². The lowest BCUT2D eigenvalue weighted by atomic mass is 10.1. The summed E-state index contributed by atoms with van der Waals surface area (Å²) in [5.74, 6) is 0.0961. The van der Waals surface area contributed by atoms with E-state index < -0.39 is 0 Å². The summed E-state index contributed by atoms with van der Waals surface area (Å²) in [6, 6.07) is 16.6. The molecule has 5 nitrogen and oxygen atoms in total. The van der Waals surface area contributed by atoms with Crippen molar-refractivity contribution in [3.05, 3.63) is 59.7 Å². The smallest absolute Gasteiger partial charge is 0.238 e. The molecule has 0 unspecified atom stereocenters. The number of carbonyl (C=O) groups is 2. The molecule has 0 atom stereocenters. The van der Waals surface area contributed by atoms with E-state index in [1.807, 2.05) is 24.3 Å². The Balaban J connectivity index is 1.43. The Labute approximate surface area is 166 Å². The number of amides is 2. The van der Waals surface area contributed by atoms with Gasteiger partial charge in [0.25, 0.3) is 0 Å². The average Bonchev–Trinajstić information content (AvgIpc) is 3.45. The van der Waals surface area contributed by atoms with Crippen LogP contribution >= 0.6 is 0 Å². The summed E-state index contributed by atoms with van der Waals surface area (Å²) >= 11 is 0. The molecule has 1 saturated carbocycles. The van der Waals surface area contributed by atoms with Crippen LogP contribution in [0.5, 0.6) is 0 Å². The van der Waals surface area contributed by atoms with Crippen molar-refractivity contribution in [3.8, 4) is 0 Å². The summed E-state index contributed by atoms with van der Waals surface area (Å²) in [4.78, 5) is 28.9. The molecular formula is C23H27N3O2. The third kappa shape index (κ3) is 4.42. The first kappa shape index (κ1) is 18.7. The Morgan fingerprint density at radius 1 is 1.14 bits per heavy atom. The van der Waals surface area contributed by atoms with Gasteiger partial charge in [0.15, 0.2) is 0 Å². The van der Waals surface area contributed by atoms with Crippen molar-refractivity contribution in [2.24, 2.45) is 0 Å². The van der Waals surface area contributed by atoms with Crippen molar-refractivity contribution in [2.45, 2.75) is 45.2 Å². The maximum absolute atomic E-state index is 12.8. The molecule has 146 valence electrons. The number of nitrogens with one attached hydrogen (secondary N) is 1. The minimum absolute atomic E-state index is 0.0295. The first-order chi connectivity index (χ1) is 13.6. The summed E-state index contributed by atoms with van der Waals surface area (Å²) in [5, 5.41) is 3.04. The summed E-state index contributed by atoms with van der Waals surface area (Å²) in [6.45, 7) is 3.94. The Kier molecular flexibility index (Phi) is 5.44. The molecular weight excluding hydrogens is 350 g/mol. The zero-order valence-electron chi connectivity index (χ0n) is 16.4. The number of nitrogens with zero attached hydrogens (tertiary/aromatic N) is 2. The molecule has 2 aromatic rings. The molecule has 5 heteroatoms. The van der Waals surface area contributed by atoms with E-state index in [4.69, 9.17) is 0 Å². The Morgan fingerprint density at radius 3 is 2.57 bits per heavy atom. The van der Waals surface area contributed by atoms with Crippen LogP contribution in [0.25, 0.3) is 0 Å². The van der Waals surface area contributed by atoms with E-state index in [1.165, 1.54) is 11.1 Å². The third-order valence-electron chi connectivity index (χ3n) is 5.46. The summed E-state index contributed by atoms with van der Waals surface area (Å²) in [7, 11) is 0. The van der Waals surface area contributed by atoms with Crippen LogP contribution in [-0.4, -0.2) is 35.8 Å². The number of anilines is 2. The molecule has 4 rings (SSSR count). The van der Waals surface area contributed by atoms with Crippen LogP contribution in [0.2, 0.25) is 0 Å². The molecule has 2 amide bonds. The summed E-state index contributed by atoms with van der Waals surface area (Å²) in [5.41, 5.74) is 3.99. The molecule has 0 spiro atoms. The second-order valence-electron chi connectivity index (χ2n) is 7.84. The van der Waals surface area contributed by atoms with E-state index in [0.717, 1.165) is 31.5 Å². The van der Waals surface area contributed by atoms with E-state index in [0.29, 0.717) is 31.2 Å². The minimum atomic E-state index is -0.0295. The van der Waals surface area contributed by atoms with E-state index in [2.05, 4.69) is 41.4 Å². The van der Waals surface area contributed by atoms with Gasteiger partial charge in [0.05, 0.1) is 17.9 Å². The van der Waals surface area contributed by atoms with Crippen LogP contribution < -0.4 is 10.2 Å². The van der Waals surface area contributed by atoms with Gasteiger partial charge in [0, 0.05) is 25.6 Å². The van der Waals surface area contributed by atoms with Gasteiger partial charge in [-0.2, -0.15) is 0 Å². The maximum atomic E-state index is 12.8. The fourth-order valence-corrected chi connectivity index (χ4v) is 3.77. The Hall–Kier alpha value is -2.66. The van der Waals surface area contributed by atoms with Crippen molar-refractivity contribution >= 4 is 23.2 Å². The van der Waals surface area contributed by atoms with Gasteiger partial charge >= 0.3 is 0 Å². The quantitative estimate of drug-likeness (QED) is 0.800. The fraction of sp³-hybridized carbons (Fsp3) is 0.391. The predicted molar refractivity (Wildman–Crippen MR) is 111 cm³/mol. The Morgan fingerprint density at radius 2 is 1.89 bits per heavy atom. The highest BCUT2D eigenvalue weighted by molar-refractivity contribution is 6.02. The minimum Gasteiger partial charge on any atom is -0.323 e. The molecule has 0 aromatic heterocycles. The number of aryl methyl sites for hydroxylation is 1. The highest BCUT2D eigenvalue weighted by atomic mass is 16.2. The molecule has 0 radical (unpaired) electrons. The molecule has 1 aliphatic carbocycles. The standard InChI is InChI=1S/C23H27N3O2/c1-17-8-10-18(11-9-17)15-25(19-12-13-19)16-22(27)24-20-5-2-3-6-21(20)26-14-4-7-23(26)28/h2-3,5-6,8-11,19H,4,7,12-16H2,1H3,(H,24,27). The topological polar surface area (TPSA) is 52.7 Å². The summed E-state index contributed by atoms with van der Waals surface area (Å²) in [6.07, 6.45) is 3.75. The second-order valence-corrected chi connectivity index (χ2v) is 7.84. The molecule has 1 aliphatic heterocycles. The van der Waals surface area contributed by atoms with Crippen LogP contribution in [0.1, 0.15) is 36.8 Å². The maximum Gasteiger partial charge on any atom is 0.238 e. The number of carbonyl (C=O) groups excluding carboxylic acids is 2. The molecule has 2 fully saturated rings. The van der Waals surface area contributed by atoms with Gasteiger partial charge in [-0.1, -0.05) is 42.0 Å². The van der Waals surface area contributed by atoms with E-state index in [1.54, 1.807) is 4.90 Å². The zero-order valence-corrected chi connectivity index (χ0v) is 16.4.